The molecule has 1 saturated heterocycles. The van der Waals surface area contributed by atoms with Gasteiger partial charge < -0.3 is 10.5 Å². The molecular formula is C24H29ClF3NO2. The van der Waals surface area contributed by atoms with Crippen molar-refractivity contribution in [3.63, 3.8) is 0 Å². The Kier molecular flexibility index (Phi) is 8.95. The van der Waals surface area contributed by atoms with Crippen LogP contribution in [0.3, 0.4) is 0 Å². The van der Waals surface area contributed by atoms with Crippen LogP contribution >= 0.6 is 12.4 Å². The van der Waals surface area contributed by atoms with Gasteiger partial charge in [-0.3, -0.25) is 4.79 Å². The molecule has 1 aliphatic heterocycles. The van der Waals surface area contributed by atoms with E-state index in [9.17, 15) is 18.0 Å². The maximum Gasteiger partial charge on any atom is 0.416 e. The lowest BCUT2D eigenvalue weighted by Gasteiger charge is -2.31. The van der Waals surface area contributed by atoms with E-state index in [2.05, 4.69) is 0 Å². The van der Waals surface area contributed by atoms with Gasteiger partial charge in [0.05, 0.1) is 5.56 Å². The van der Waals surface area contributed by atoms with Crippen LogP contribution in [0.15, 0.2) is 54.6 Å². The van der Waals surface area contributed by atoms with Crippen LogP contribution < -0.4 is 5.73 Å². The molecule has 0 saturated carbocycles. The third-order valence-corrected chi connectivity index (χ3v) is 6.00. The molecule has 0 aromatic heterocycles. The molecule has 170 valence electrons. The van der Waals surface area contributed by atoms with E-state index in [1.807, 2.05) is 37.3 Å². The highest BCUT2D eigenvalue weighted by Gasteiger charge is 2.33. The van der Waals surface area contributed by atoms with E-state index in [1.165, 1.54) is 0 Å². The molecule has 4 atom stereocenters. The number of hydrogen-bond acceptors (Lipinski definition) is 3. The van der Waals surface area contributed by atoms with Crippen molar-refractivity contribution in [1.29, 1.82) is 0 Å². The van der Waals surface area contributed by atoms with Crippen molar-refractivity contribution < 1.29 is 22.7 Å². The third kappa shape index (κ3) is 6.97. The highest BCUT2D eigenvalue weighted by molar-refractivity contribution is 5.85. The quantitative estimate of drug-likeness (QED) is 0.611. The lowest BCUT2D eigenvalue weighted by Crippen LogP contribution is -2.37. The van der Waals surface area contributed by atoms with Crippen LogP contribution in [0.4, 0.5) is 13.2 Å². The molecule has 0 spiro atoms. The maximum absolute atomic E-state index is 12.9. The molecule has 3 nitrogen and oxygen atoms in total. The Morgan fingerprint density at radius 2 is 1.58 bits per heavy atom. The average molecular weight is 456 g/mol. The second kappa shape index (κ2) is 11.0. The molecule has 7 heteroatoms. The van der Waals surface area contributed by atoms with Crippen LogP contribution in [0.2, 0.25) is 0 Å². The zero-order valence-electron chi connectivity index (χ0n) is 17.5. The standard InChI is InChI=1S/C24H28F3NO2.ClH/c1-16-21(15-17-6-3-2-4-7-17)19(8-5-9-22(28)23(29)30-16)14-18-10-12-20(13-11-18)24(25,26)27;/h2-4,6-7,10-13,16,19,21-22H,5,8-9,14-15,28H2,1H3;1H/t16-,19+,21-,22-;/m0./s1. The number of carbonyl (C=O) groups is 1. The molecule has 0 bridgehead atoms. The second-order valence-electron chi connectivity index (χ2n) is 8.19. The summed E-state index contributed by atoms with van der Waals surface area (Å²) in [7, 11) is 0. The maximum atomic E-state index is 12.9. The van der Waals surface area contributed by atoms with Crippen LogP contribution in [0.5, 0.6) is 0 Å². The first-order valence-electron chi connectivity index (χ1n) is 10.4. The van der Waals surface area contributed by atoms with Gasteiger partial charge in [-0.15, -0.1) is 12.4 Å². The van der Waals surface area contributed by atoms with Crippen molar-refractivity contribution in [2.24, 2.45) is 17.6 Å². The normalized spacial score (nSPS) is 24.9. The first-order chi connectivity index (χ1) is 14.2. The van der Waals surface area contributed by atoms with E-state index in [0.29, 0.717) is 12.8 Å². The molecule has 0 radical (unpaired) electrons. The number of rotatable bonds is 4. The summed E-state index contributed by atoms with van der Waals surface area (Å²) in [6, 6.07) is 14.7. The molecule has 2 aromatic carbocycles. The number of cyclic esters (lactones) is 1. The van der Waals surface area contributed by atoms with Gasteiger partial charge in [-0.05, 0) is 61.8 Å². The van der Waals surface area contributed by atoms with Gasteiger partial charge in [0, 0.05) is 5.92 Å². The van der Waals surface area contributed by atoms with E-state index in [1.54, 1.807) is 12.1 Å². The van der Waals surface area contributed by atoms with Crippen LogP contribution in [0.25, 0.3) is 0 Å². The van der Waals surface area contributed by atoms with E-state index < -0.39 is 17.8 Å². The number of halogens is 4. The van der Waals surface area contributed by atoms with E-state index >= 15 is 0 Å². The van der Waals surface area contributed by atoms with Gasteiger partial charge in [-0.1, -0.05) is 48.9 Å². The number of ether oxygens (including phenoxy) is 1. The van der Waals surface area contributed by atoms with Crippen LogP contribution in [-0.4, -0.2) is 18.1 Å². The predicted octanol–water partition coefficient (Wildman–Crippen LogP) is 5.59. The molecule has 2 aromatic rings. The number of hydrogen-bond donors (Lipinski definition) is 1. The largest absolute Gasteiger partial charge is 0.461 e. The molecule has 0 amide bonds. The minimum atomic E-state index is -4.34. The highest BCUT2D eigenvalue weighted by atomic mass is 35.5. The summed E-state index contributed by atoms with van der Waals surface area (Å²) < 4.78 is 44.4. The molecule has 31 heavy (non-hydrogen) atoms. The molecular weight excluding hydrogens is 427 g/mol. The summed E-state index contributed by atoms with van der Waals surface area (Å²) in [6.45, 7) is 1.89. The monoisotopic (exact) mass is 455 g/mol. The van der Waals surface area contributed by atoms with Crippen LogP contribution in [-0.2, 0) is 28.5 Å². The Morgan fingerprint density at radius 3 is 2.19 bits per heavy atom. The van der Waals surface area contributed by atoms with Crippen LogP contribution in [0, 0.1) is 11.8 Å². The number of carbonyl (C=O) groups excluding carboxylic acids is 1. The van der Waals surface area contributed by atoms with Gasteiger partial charge in [0.15, 0.2) is 0 Å². The van der Waals surface area contributed by atoms with Crippen LogP contribution in [0.1, 0.15) is 42.9 Å². The van der Waals surface area contributed by atoms with Crippen molar-refractivity contribution in [2.45, 2.75) is 57.3 Å². The van der Waals surface area contributed by atoms with Gasteiger partial charge in [0.25, 0.3) is 0 Å². The first-order valence-corrected chi connectivity index (χ1v) is 10.4. The molecule has 1 fully saturated rings. The van der Waals surface area contributed by atoms with E-state index in [4.69, 9.17) is 10.5 Å². The van der Waals surface area contributed by atoms with E-state index in [-0.39, 0.29) is 36.3 Å². The molecule has 1 aliphatic rings. The zero-order valence-corrected chi connectivity index (χ0v) is 18.3. The zero-order chi connectivity index (χ0) is 21.7. The Morgan fingerprint density at radius 1 is 0.968 bits per heavy atom. The Bertz CT molecular complexity index is 827. The molecule has 2 N–H and O–H groups in total. The van der Waals surface area contributed by atoms with E-state index in [0.717, 1.165) is 42.5 Å². The fourth-order valence-corrected chi connectivity index (χ4v) is 4.28. The number of alkyl halides is 3. The Labute approximate surface area is 187 Å². The lowest BCUT2D eigenvalue weighted by atomic mass is 9.77. The predicted molar refractivity (Wildman–Crippen MR) is 117 cm³/mol. The minimum Gasteiger partial charge on any atom is -0.461 e. The van der Waals surface area contributed by atoms with Crippen molar-refractivity contribution in [3.8, 4) is 0 Å². The highest BCUT2D eigenvalue weighted by Crippen LogP contribution is 2.34. The number of nitrogens with two attached hydrogens (primary N) is 1. The number of esters is 1. The van der Waals surface area contributed by atoms with Crippen molar-refractivity contribution in [3.05, 3.63) is 71.3 Å². The molecule has 0 unspecified atom stereocenters. The Balaban J connectivity index is 0.00000341. The van der Waals surface area contributed by atoms with Gasteiger partial charge in [-0.25, -0.2) is 0 Å². The van der Waals surface area contributed by atoms with Gasteiger partial charge in [-0.2, -0.15) is 13.2 Å². The van der Waals surface area contributed by atoms with Crippen molar-refractivity contribution >= 4 is 18.4 Å². The average Bonchev–Trinajstić information content (AvgIpc) is 2.75. The van der Waals surface area contributed by atoms with Gasteiger partial charge >= 0.3 is 12.1 Å². The number of benzene rings is 2. The van der Waals surface area contributed by atoms with Gasteiger partial charge in [0.1, 0.15) is 12.1 Å². The second-order valence-corrected chi connectivity index (χ2v) is 8.19. The smallest absolute Gasteiger partial charge is 0.416 e. The fraction of sp³-hybridized carbons (Fsp3) is 0.458. The summed E-state index contributed by atoms with van der Waals surface area (Å²) in [4.78, 5) is 12.3. The summed E-state index contributed by atoms with van der Waals surface area (Å²) in [5.74, 6) is -0.172. The summed E-state index contributed by atoms with van der Waals surface area (Å²) in [5, 5.41) is 0. The lowest BCUT2D eigenvalue weighted by molar-refractivity contribution is -0.153. The minimum absolute atomic E-state index is 0. The Hall–Kier alpha value is -2.05. The summed E-state index contributed by atoms with van der Waals surface area (Å²) in [6.07, 6.45) is -1.14. The topological polar surface area (TPSA) is 52.3 Å². The third-order valence-electron chi connectivity index (χ3n) is 6.00. The first kappa shape index (κ1) is 25.2. The fourth-order valence-electron chi connectivity index (χ4n) is 4.28. The van der Waals surface area contributed by atoms with Gasteiger partial charge in [0.2, 0.25) is 0 Å². The SMILES string of the molecule is C[C@@H]1OC(=O)[C@@H](N)CCC[C@H](Cc2ccc(C(F)(F)F)cc2)[C@H]1Cc1ccccc1.Cl. The summed E-state index contributed by atoms with van der Waals surface area (Å²) >= 11 is 0. The van der Waals surface area contributed by atoms with Crippen molar-refractivity contribution in [2.75, 3.05) is 0 Å². The van der Waals surface area contributed by atoms with Crippen molar-refractivity contribution in [1.82, 2.24) is 0 Å². The molecule has 0 aliphatic carbocycles. The molecule has 3 rings (SSSR count). The summed E-state index contributed by atoms with van der Waals surface area (Å²) in [5.41, 5.74) is 7.31. The molecule has 1 heterocycles.